The molecule has 0 aliphatic carbocycles. The lowest BCUT2D eigenvalue weighted by molar-refractivity contribution is -0.0398. The number of nitrogens with zero attached hydrogens (tertiary/aromatic N) is 1. The van der Waals surface area contributed by atoms with E-state index in [1.54, 1.807) is 20.4 Å². The van der Waals surface area contributed by atoms with E-state index in [2.05, 4.69) is 27.6 Å². The molecule has 4 nitrogen and oxygen atoms in total. The number of methoxy groups -OCH3 is 2. The molecule has 1 rings (SSSR count). The van der Waals surface area contributed by atoms with Crippen LogP contribution in [0.25, 0.3) is 0 Å². The van der Waals surface area contributed by atoms with E-state index in [9.17, 15) is 0 Å². The maximum absolute atomic E-state index is 5.25. The van der Waals surface area contributed by atoms with Gasteiger partial charge in [-0.3, -0.25) is 0 Å². The second kappa shape index (κ2) is 6.15. The lowest BCUT2D eigenvalue weighted by atomic mass is 10.3. The topological polar surface area (TPSA) is 40.6 Å². The van der Waals surface area contributed by atoms with Crippen molar-refractivity contribution in [1.82, 2.24) is 4.98 Å². The van der Waals surface area contributed by atoms with Crippen molar-refractivity contribution in [2.45, 2.75) is 6.61 Å². The van der Waals surface area contributed by atoms with E-state index in [0.717, 1.165) is 9.13 Å². The zero-order chi connectivity index (χ0) is 10.4. The van der Waals surface area contributed by atoms with E-state index in [1.807, 2.05) is 6.07 Å². The minimum absolute atomic E-state index is 0.272. The zero-order valence-electron chi connectivity index (χ0n) is 8.12. The smallest absolute Gasteiger partial charge is 0.219 e. The quantitative estimate of drug-likeness (QED) is 0.472. The highest BCUT2D eigenvalue weighted by molar-refractivity contribution is 14.1. The molecule has 1 aromatic rings. The van der Waals surface area contributed by atoms with Crippen molar-refractivity contribution < 1.29 is 14.2 Å². The molecule has 0 amide bonds. The molecule has 0 atom stereocenters. The zero-order valence-corrected chi connectivity index (χ0v) is 10.3. The van der Waals surface area contributed by atoms with Crippen LogP contribution in [0.5, 0.6) is 5.88 Å². The van der Waals surface area contributed by atoms with E-state index in [-0.39, 0.29) is 6.79 Å². The SMILES string of the molecule is COCOCc1c(I)ccnc1OC. The predicted molar refractivity (Wildman–Crippen MR) is 60.2 cm³/mol. The predicted octanol–water partition coefficient (Wildman–Crippen LogP) is 1.82. The van der Waals surface area contributed by atoms with Crippen LogP contribution >= 0.6 is 22.6 Å². The number of hydrogen-bond acceptors (Lipinski definition) is 4. The fraction of sp³-hybridized carbons (Fsp3) is 0.444. The number of hydrogen-bond donors (Lipinski definition) is 0. The lowest BCUT2D eigenvalue weighted by Crippen LogP contribution is -2.02. The molecule has 0 aliphatic rings. The summed E-state index contributed by atoms with van der Waals surface area (Å²) in [5, 5.41) is 0. The van der Waals surface area contributed by atoms with E-state index in [4.69, 9.17) is 14.2 Å². The first kappa shape index (κ1) is 11.7. The maximum Gasteiger partial charge on any atom is 0.219 e. The van der Waals surface area contributed by atoms with Crippen molar-refractivity contribution in [3.8, 4) is 5.88 Å². The summed E-state index contributed by atoms with van der Waals surface area (Å²) in [7, 11) is 3.18. The van der Waals surface area contributed by atoms with Crippen LogP contribution in [-0.4, -0.2) is 26.0 Å². The molecule has 0 N–H and O–H groups in total. The average Bonchev–Trinajstić information content (AvgIpc) is 2.20. The standard InChI is InChI=1S/C9H12INO3/c1-12-6-14-5-7-8(10)3-4-11-9(7)13-2/h3-4H,5-6H2,1-2H3. The van der Waals surface area contributed by atoms with Crippen molar-refractivity contribution in [2.24, 2.45) is 0 Å². The van der Waals surface area contributed by atoms with Crippen LogP contribution in [0.1, 0.15) is 5.56 Å². The van der Waals surface area contributed by atoms with E-state index in [1.165, 1.54) is 0 Å². The first-order valence-electron chi connectivity index (χ1n) is 4.03. The third-order valence-corrected chi connectivity index (χ3v) is 2.61. The Morgan fingerprint density at radius 1 is 1.43 bits per heavy atom. The van der Waals surface area contributed by atoms with Gasteiger partial charge in [-0.05, 0) is 28.7 Å². The highest BCUT2D eigenvalue weighted by Gasteiger charge is 2.08. The molecule has 1 heterocycles. The first-order chi connectivity index (χ1) is 6.79. The first-order valence-corrected chi connectivity index (χ1v) is 5.11. The van der Waals surface area contributed by atoms with Crippen molar-refractivity contribution in [1.29, 1.82) is 0 Å². The van der Waals surface area contributed by atoms with Gasteiger partial charge < -0.3 is 14.2 Å². The Morgan fingerprint density at radius 2 is 2.21 bits per heavy atom. The van der Waals surface area contributed by atoms with Gasteiger partial charge in [-0.15, -0.1) is 0 Å². The molecule has 5 heteroatoms. The molecule has 0 radical (unpaired) electrons. The van der Waals surface area contributed by atoms with E-state index in [0.29, 0.717) is 12.5 Å². The molecule has 14 heavy (non-hydrogen) atoms. The Hall–Kier alpha value is -0.400. The number of halogens is 1. The highest BCUT2D eigenvalue weighted by atomic mass is 127. The molecule has 0 bridgehead atoms. The fourth-order valence-electron chi connectivity index (χ4n) is 0.985. The van der Waals surface area contributed by atoms with Crippen LogP contribution < -0.4 is 4.74 Å². The third kappa shape index (κ3) is 3.07. The van der Waals surface area contributed by atoms with Crippen molar-refractivity contribution >= 4 is 22.6 Å². The van der Waals surface area contributed by atoms with Gasteiger partial charge in [0, 0.05) is 16.9 Å². The molecular formula is C9H12INO3. The molecule has 0 saturated carbocycles. The van der Waals surface area contributed by atoms with Gasteiger partial charge >= 0.3 is 0 Å². The summed E-state index contributed by atoms with van der Waals surface area (Å²) in [6.07, 6.45) is 1.71. The summed E-state index contributed by atoms with van der Waals surface area (Å²) < 4.78 is 16.2. The van der Waals surface area contributed by atoms with Gasteiger partial charge in [0.1, 0.15) is 6.79 Å². The van der Waals surface area contributed by atoms with Crippen LogP contribution in [0.4, 0.5) is 0 Å². The molecule has 0 fully saturated rings. The van der Waals surface area contributed by atoms with Crippen LogP contribution in [0.2, 0.25) is 0 Å². The second-order valence-electron chi connectivity index (χ2n) is 2.54. The number of rotatable bonds is 5. The van der Waals surface area contributed by atoms with Gasteiger partial charge in [0.25, 0.3) is 0 Å². The maximum atomic E-state index is 5.25. The van der Waals surface area contributed by atoms with Gasteiger partial charge in [-0.2, -0.15) is 0 Å². The monoisotopic (exact) mass is 309 g/mol. The Balaban J connectivity index is 2.72. The Bertz CT molecular complexity index is 293. The molecule has 0 aliphatic heterocycles. The lowest BCUT2D eigenvalue weighted by Gasteiger charge is -2.09. The van der Waals surface area contributed by atoms with Gasteiger partial charge in [0.2, 0.25) is 5.88 Å². The van der Waals surface area contributed by atoms with Crippen LogP contribution in [0, 0.1) is 3.57 Å². The normalized spacial score (nSPS) is 10.2. The van der Waals surface area contributed by atoms with Gasteiger partial charge in [-0.25, -0.2) is 4.98 Å². The summed E-state index contributed by atoms with van der Waals surface area (Å²) in [4.78, 5) is 4.09. The molecule has 0 saturated heterocycles. The summed E-state index contributed by atoms with van der Waals surface area (Å²) in [6, 6.07) is 1.91. The number of pyridine rings is 1. The minimum Gasteiger partial charge on any atom is -0.481 e. The van der Waals surface area contributed by atoms with Crippen molar-refractivity contribution in [3.63, 3.8) is 0 Å². The summed E-state index contributed by atoms with van der Waals surface area (Å²) in [5.74, 6) is 0.605. The molecule has 0 unspecified atom stereocenters. The summed E-state index contributed by atoms with van der Waals surface area (Å²) in [6.45, 7) is 0.719. The highest BCUT2D eigenvalue weighted by Crippen LogP contribution is 2.21. The largest absolute Gasteiger partial charge is 0.481 e. The number of aromatic nitrogens is 1. The Kier molecular flexibility index (Phi) is 5.13. The van der Waals surface area contributed by atoms with Crippen LogP contribution in [0.15, 0.2) is 12.3 Å². The summed E-state index contributed by atoms with van der Waals surface area (Å²) >= 11 is 2.22. The minimum atomic E-state index is 0.272. The van der Waals surface area contributed by atoms with E-state index >= 15 is 0 Å². The molecule has 1 aromatic heterocycles. The second-order valence-corrected chi connectivity index (χ2v) is 3.70. The van der Waals surface area contributed by atoms with Crippen LogP contribution in [0.3, 0.4) is 0 Å². The van der Waals surface area contributed by atoms with Gasteiger partial charge in [-0.1, -0.05) is 0 Å². The molecule has 78 valence electrons. The molecular weight excluding hydrogens is 297 g/mol. The van der Waals surface area contributed by atoms with Crippen LogP contribution in [-0.2, 0) is 16.1 Å². The molecule has 0 aromatic carbocycles. The number of ether oxygens (including phenoxy) is 3. The average molecular weight is 309 g/mol. The molecule has 0 spiro atoms. The fourth-order valence-corrected chi connectivity index (χ4v) is 1.53. The van der Waals surface area contributed by atoms with Crippen molar-refractivity contribution in [3.05, 3.63) is 21.4 Å². The van der Waals surface area contributed by atoms with Gasteiger partial charge in [0.05, 0.1) is 19.3 Å². The Morgan fingerprint density at radius 3 is 2.86 bits per heavy atom. The third-order valence-electron chi connectivity index (χ3n) is 1.60. The van der Waals surface area contributed by atoms with Crippen molar-refractivity contribution in [2.75, 3.05) is 21.0 Å². The van der Waals surface area contributed by atoms with Gasteiger partial charge in [0.15, 0.2) is 0 Å². The Labute approximate surface area is 96.7 Å². The van der Waals surface area contributed by atoms with E-state index < -0.39 is 0 Å². The summed E-state index contributed by atoms with van der Waals surface area (Å²) in [5.41, 5.74) is 0.952.